The Bertz CT molecular complexity index is 230. The van der Waals surface area contributed by atoms with Gasteiger partial charge in [-0.2, -0.15) is 13.2 Å². The van der Waals surface area contributed by atoms with Crippen LogP contribution >= 0.6 is 0 Å². The van der Waals surface area contributed by atoms with E-state index in [2.05, 4.69) is 11.9 Å². The fourth-order valence-corrected chi connectivity index (χ4v) is 2.24. The maximum absolute atomic E-state index is 12.5. The summed E-state index contributed by atoms with van der Waals surface area (Å²) >= 11 is 0. The molecule has 1 fully saturated rings. The molecular weight excluding hydrogens is 217 g/mol. The van der Waals surface area contributed by atoms with Gasteiger partial charge in [0, 0.05) is 18.6 Å². The van der Waals surface area contributed by atoms with Crippen LogP contribution in [0.4, 0.5) is 13.2 Å². The van der Waals surface area contributed by atoms with Gasteiger partial charge in [-0.05, 0) is 25.7 Å². The van der Waals surface area contributed by atoms with Gasteiger partial charge in [-0.3, -0.25) is 0 Å². The Hall–Kier alpha value is -0.550. The standard InChI is InChI=1S/C11H19F3N2/c1-2-7-16-10(8-15)5-3-9(4-6-10)11(12,13)14/h2,9,16H,1,3-8,15H2. The molecule has 0 amide bonds. The summed E-state index contributed by atoms with van der Waals surface area (Å²) in [5, 5.41) is 3.20. The van der Waals surface area contributed by atoms with Gasteiger partial charge >= 0.3 is 6.18 Å². The lowest BCUT2D eigenvalue weighted by Crippen LogP contribution is -2.54. The van der Waals surface area contributed by atoms with Crippen molar-refractivity contribution in [3.05, 3.63) is 12.7 Å². The van der Waals surface area contributed by atoms with Crippen molar-refractivity contribution in [2.24, 2.45) is 11.7 Å². The molecular formula is C11H19F3N2. The molecule has 0 unspecified atom stereocenters. The lowest BCUT2D eigenvalue weighted by Gasteiger charge is -2.40. The van der Waals surface area contributed by atoms with Gasteiger partial charge in [0.15, 0.2) is 0 Å². The van der Waals surface area contributed by atoms with E-state index in [0.717, 1.165) is 0 Å². The van der Waals surface area contributed by atoms with Crippen LogP contribution in [0.3, 0.4) is 0 Å². The Balaban J connectivity index is 2.53. The second kappa shape index (κ2) is 5.19. The third kappa shape index (κ3) is 3.22. The third-order valence-electron chi connectivity index (χ3n) is 3.42. The van der Waals surface area contributed by atoms with E-state index in [9.17, 15) is 13.2 Å². The van der Waals surface area contributed by atoms with E-state index in [4.69, 9.17) is 5.73 Å². The van der Waals surface area contributed by atoms with E-state index in [1.54, 1.807) is 6.08 Å². The molecule has 0 bridgehead atoms. The van der Waals surface area contributed by atoms with Crippen molar-refractivity contribution in [2.45, 2.75) is 37.4 Å². The number of halogens is 3. The van der Waals surface area contributed by atoms with Gasteiger partial charge in [-0.15, -0.1) is 6.58 Å². The molecule has 0 spiro atoms. The molecule has 0 heterocycles. The maximum atomic E-state index is 12.5. The van der Waals surface area contributed by atoms with Crippen molar-refractivity contribution in [3.8, 4) is 0 Å². The molecule has 0 aromatic rings. The molecule has 1 aliphatic rings. The molecule has 1 saturated carbocycles. The molecule has 1 rings (SSSR count). The second-order valence-corrected chi connectivity index (χ2v) is 4.47. The van der Waals surface area contributed by atoms with E-state index in [0.29, 0.717) is 25.9 Å². The van der Waals surface area contributed by atoms with Crippen LogP contribution in [0, 0.1) is 5.92 Å². The molecule has 3 N–H and O–H groups in total. The van der Waals surface area contributed by atoms with Gasteiger partial charge in [-0.1, -0.05) is 6.08 Å². The molecule has 0 aromatic heterocycles. The minimum atomic E-state index is -4.06. The van der Waals surface area contributed by atoms with Gasteiger partial charge < -0.3 is 11.1 Å². The highest BCUT2D eigenvalue weighted by molar-refractivity contribution is 4.96. The fraction of sp³-hybridized carbons (Fsp3) is 0.818. The Kier molecular flexibility index (Phi) is 4.38. The van der Waals surface area contributed by atoms with E-state index >= 15 is 0 Å². The van der Waals surface area contributed by atoms with Gasteiger partial charge in [-0.25, -0.2) is 0 Å². The normalized spacial score (nSPS) is 31.4. The highest BCUT2D eigenvalue weighted by Crippen LogP contribution is 2.40. The quantitative estimate of drug-likeness (QED) is 0.734. The molecule has 0 aliphatic heterocycles. The lowest BCUT2D eigenvalue weighted by molar-refractivity contribution is -0.185. The summed E-state index contributed by atoms with van der Waals surface area (Å²) in [6, 6.07) is 0. The number of rotatable bonds is 4. The minimum Gasteiger partial charge on any atom is -0.329 e. The predicted molar refractivity (Wildman–Crippen MR) is 58.0 cm³/mol. The third-order valence-corrected chi connectivity index (χ3v) is 3.42. The summed E-state index contributed by atoms with van der Waals surface area (Å²) in [6.07, 6.45) is -1.04. The number of alkyl halides is 3. The first-order valence-electron chi connectivity index (χ1n) is 5.56. The van der Waals surface area contributed by atoms with Crippen molar-refractivity contribution >= 4 is 0 Å². The SMILES string of the molecule is C=CCNC1(CN)CCC(C(F)(F)F)CC1. The van der Waals surface area contributed by atoms with E-state index in [1.807, 2.05) is 0 Å². The minimum absolute atomic E-state index is 0.171. The first-order valence-corrected chi connectivity index (χ1v) is 5.56. The maximum Gasteiger partial charge on any atom is 0.391 e. The van der Waals surface area contributed by atoms with Crippen molar-refractivity contribution in [1.82, 2.24) is 5.32 Å². The monoisotopic (exact) mass is 236 g/mol. The lowest BCUT2D eigenvalue weighted by atomic mass is 9.76. The zero-order valence-electron chi connectivity index (χ0n) is 9.32. The van der Waals surface area contributed by atoms with Crippen LogP contribution in [0.2, 0.25) is 0 Å². The van der Waals surface area contributed by atoms with Crippen LogP contribution in [-0.4, -0.2) is 24.8 Å². The molecule has 0 saturated heterocycles. The smallest absolute Gasteiger partial charge is 0.329 e. The number of nitrogens with one attached hydrogen (secondary N) is 1. The highest BCUT2D eigenvalue weighted by atomic mass is 19.4. The average Bonchev–Trinajstić information content (AvgIpc) is 2.26. The second-order valence-electron chi connectivity index (χ2n) is 4.47. The molecule has 5 heteroatoms. The largest absolute Gasteiger partial charge is 0.391 e. The zero-order valence-corrected chi connectivity index (χ0v) is 9.32. The molecule has 1 aliphatic carbocycles. The van der Waals surface area contributed by atoms with Gasteiger partial charge in [0.2, 0.25) is 0 Å². The van der Waals surface area contributed by atoms with Crippen molar-refractivity contribution in [2.75, 3.05) is 13.1 Å². The first kappa shape index (κ1) is 13.5. The fourth-order valence-electron chi connectivity index (χ4n) is 2.24. The summed E-state index contributed by atoms with van der Waals surface area (Å²) in [4.78, 5) is 0. The summed E-state index contributed by atoms with van der Waals surface area (Å²) < 4.78 is 37.4. The molecule has 0 aromatic carbocycles. The van der Waals surface area contributed by atoms with Crippen LogP contribution in [0.15, 0.2) is 12.7 Å². The van der Waals surface area contributed by atoms with Crippen LogP contribution < -0.4 is 11.1 Å². The van der Waals surface area contributed by atoms with Gasteiger partial charge in [0.05, 0.1) is 5.92 Å². The molecule has 16 heavy (non-hydrogen) atoms. The van der Waals surface area contributed by atoms with Crippen molar-refractivity contribution in [3.63, 3.8) is 0 Å². The highest BCUT2D eigenvalue weighted by Gasteiger charge is 2.45. The predicted octanol–water partition coefficient (Wildman–Crippen LogP) is 2.21. The molecule has 0 radical (unpaired) electrons. The van der Waals surface area contributed by atoms with Crippen LogP contribution in [0.25, 0.3) is 0 Å². The van der Waals surface area contributed by atoms with Crippen LogP contribution in [-0.2, 0) is 0 Å². The molecule has 2 nitrogen and oxygen atoms in total. The van der Waals surface area contributed by atoms with Crippen molar-refractivity contribution in [1.29, 1.82) is 0 Å². The van der Waals surface area contributed by atoms with Crippen molar-refractivity contribution < 1.29 is 13.2 Å². The van der Waals surface area contributed by atoms with Crippen LogP contribution in [0.1, 0.15) is 25.7 Å². The van der Waals surface area contributed by atoms with E-state index in [1.165, 1.54) is 0 Å². The first-order chi connectivity index (χ1) is 7.43. The van der Waals surface area contributed by atoms with E-state index in [-0.39, 0.29) is 18.4 Å². The Morgan fingerprint density at radius 1 is 1.38 bits per heavy atom. The van der Waals surface area contributed by atoms with Crippen LogP contribution in [0.5, 0.6) is 0 Å². The van der Waals surface area contributed by atoms with Gasteiger partial charge in [0.1, 0.15) is 0 Å². The summed E-state index contributed by atoms with van der Waals surface area (Å²) in [6.45, 7) is 4.55. The summed E-state index contributed by atoms with van der Waals surface area (Å²) in [7, 11) is 0. The number of hydrogen-bond donors (Lipinski definition) is 2. The number of hydrogen-bond acceptors (Lipinski definition) is 2. The Labute approximate surface area is 94.1 Å². The summed E-state index contributed by atoms with van der Waals surface area (Å²) in [5.41, 5.74) is 5.33. The number of nitrogens with two attached hydrogens (primary N) is 1. The topological polar surface area (TPSA) is 38.0 Å². The Morgan fingerprint density at radius 3 is 2.31 bits per heavy atom. The van der Waals surface area contributed by atoms with E-state index < -0.39 is 12.1 Å². The Morgan fingerprint density at radius 2 is 1.94 bits per heavy atom. The van der Waals surface area contributed by atoms with Gasteiger partial charge in [0.25, 0.3) is 0 Å². The summed E-state index contributed by atoms with van der Waals surface area (Å²) in [5.74, 6) is -1.15. The average molecular weight is 236 g/mol. The molecule has 94 valence electrons. The molecule has 0 atom stereocenters. The zero-order chi connectivity index (χ0) is 12.2.